The van der Waals surface area contributed by atoms with Crippen molar-refractivity contribution in [1.29, 1.82) is 0 Å². The lowest BCUT2D eigenvalue weighted by Crippen LogP contribution is -2.40. The van der Waals surface area contributed by atoms with Crippen molar-refractivity contribution < 1.29 is 34.1 Å². The van der Waals surface area contributed by atoms with Crippen LogP contribution in [0.25, 0.3) is 0 Å². The van der Waals surface area contributed by atoms with Crippen molar-refractivity contribution in [2.24, 2.45) is 0 Å². The van der Waals surface area contributed by atoms with Crippen LogP contribution >= 0.6 is 0 Å². The molecular weight excluding hydrogens is 340 g/mol. The van der Waals surface area contributed by atoms with Gasteiger partial charge in [-0.1, -0.05) is 0 Å². The molecule has 1 aliphatic heterocycles. The number of phenolic OH excluding ortho intramolecular Hbond substituents is 2. The van der Waals surface area contributed by atoms with Gasteiger partial charge in [0.1, 0.15) is 45.3 Å². The van der Waals surface area contributed by atoms with Gasteiger partial charge in [0.2, 0.25) is 0 Å². The Balaban J connectivity index is 2.43. The van der Waals surface area contributed by atoms with E-state index in [0.717, 1.165) is 6.08 Å². The zero-order chi connectivity index (χ0) is 19.5. The molecule has 136 valence electrons. The number of benzene rings is 1. The second-order valence-electron chi connectivity index (χ2n) is 6.52. The molecule has 2 N–H and O–H groups in total. The van der Waals surface area contributed by atoms with Crippen LogP contribution in [-0.4, -0.2) is 34.7 Å². The Morgan fingerprint density at radius 3 is 2.35 bits per heavy atom. The average Bonchev–Trinajstić information content (AvgIpc) is 2.86. The van der Waals surface area contributed by atoms with E-state index in [1.54, 1.807) is 0 Å². The number of Topliss-reactive ketones (excluding diaryl/α,β-unsaturated/α-hetero) is 2. The summed E-state index contributed by atoms with van der Waals surface area (Å²) in [5.74, 6) is -2.42. The molecule has 2 aliphatic rings. The Bertz CT molecular complexity index is 965. The normalized spacial score (nSPS) is 23.0. The van der Waals surface area contributed by atoms with Crippen LogP contribution in [0.2, 0.25) is 0 Å². The molecule has 7 heteroatoms. The average molecular weight is 358 g/mol. The predicted octanol–water partition coefficient (Wildman–Crippen LogP) is 2.22. The number of hydrogen-bond donors (Lipinski definition) is 2. The number of carbonyl (C=O) groups excluding carboxylic acids is 3. The van der Waals surface area contributed by atoms with Crippen molar-refractivity contribution in [3.8, 4) is 17.2 Å². The van der Waals surface area contributed by atoms with E-state index in [1.165, 1.54) is 34.8 Å². The van der Waals surface area contributed by atoms with E-state index in [2.05, 4.69) is 0 Å². The maximum Gasteiger partial charge on any atom is 0.196 e. The molecule has 1 heterocycles. The van der Waals surface area contributed by atoms with Crippen LogP contribution in [0.1, 0.15) is 42.3 Å². The SMILES string of the molecule is COC(C)=C1C(=O)C=C2Oc3c(C(C)=O)c(O)c(C)c(O)c3C2(C)C1=O. The molecule has 0 radical (unpaired) electrons. The summed E-state index contributed by atoms with van der Waals surface area (Å²) in [6.45, 7) is 5.66. The van der Waals surface area contributed by atoms with Gasteiger partial charge in [-0.05, 0) is 27.7 Å². The van der Waals surface area contributed by atoms with Crippen LogP contribution in [0.3, 0.4) is 0 Å². The molecule has 0 aromatic heterocycles. The fourth-order valence-corrected chi connectivity index (χ4v) is 3.44. The number of ketones is 3. The molecule has 1 aromatic carbocycles. The van der Waals surface area contributed by atoms with Gasteiger partial charge in [-0.15, -0.1) is 0 Å². The summed E-state index contributed by atoms with van der Waals surface area (Å²) in [5.41, 5.74) is -1.68. The molecule has 0 saturated heterocycles. The summed E-state index contributed by atoms with van der Waals surface area (Å²) in [7, 11) is 1.34. The lowest BCUT2D eigenvalue weighted by molar-refractivity contribution is -0.124. The first kappa shape index (κ1) is 17.7. The number of aromatic hydroxyl groups is 2. The molecule has 1 aromatic rings. The van der Waals surface area contributed by atoms with Gasteiger partial charge < -0.3 is 19.7 Å². The van der Waals surface area contributed by atoms with Gasteiger partial charge in [0.15, 0.2) is 17.3 Å². The number of hydrogen-bond acceptors (Lipinski definition) is 7. The quantitative estimate of drug-likeness (QED) is 0.361. The number of rotatable bonds is 2. The van der Waals surface area contributed by atoms with Crippen molar-refractivity contribution in [1.82, 2.24) is 0 Å². The van der Waals surface area contributed by atoms with Gasteiger partial charge in [0, 0.05) is 11.6 Å². The van der Waals surface area contributed by atoms with E-state index >= 15 is 0 Å². The molecule has 1 unspecified atom stereocenters. The molecule has 0 spiro atoms. The van der Waals surface area contributed by atoms with E-state index in [1.807, 2.05) is 0 Å². The molecule has 0 fully saturated rings. The van der Waals surface area contributed by atoms with E-state index < -0.39 is 28.5 Å². The highest BCUT2D eigenvalue weighted by molar-refractivity contribution is 6.31. The number of ether oxygens (including phenoxy) is 2. The van der Waals surface area contributed by atoms with Gasteiger partial charge in [0.05, 0.1) is 12.7 Å². The van der Waals surface area contributed by atoms with Gasteiger partial charge in [0.25, 0.3) is 0 Å². The second kappa shape index (κ2) is 5.45. The molecule has 0 saturated carbocycles. The molecule has 1 aliphatic carbocycles. The summed E-state index contributed by atoms with van der Waals surface area (Å²) < 4.78 is 10.7. The van der Waals surface area contributed by atoms with Crippen molar-refractivity contribution >= 4 is 17.3 Å². The highest BCUT2D eigenvalue weighted by atomic mass is 16.5. The molecule has 7 nitrogen and oxygen atoms in total. The number of fused-ring (bicyclic) bond motifs is 3. The zero-order valence-corrected chi connectivity index (χ0v) is 15.0. The summed E-state index contributed by atoms with van der Waals surface area (Å²) in [5, 5.41) is 20.9. The molecule has 0 amide bonds. The largest absolute Gasteiger partial charge is 0.507 e. The van der Waals surface area contributed by atoms with Gasteiger partial charge in [-0.2, -0.15) is 0 Å². The summed E-state index contributed by atoms with van der Waals surface area (Å²) in [6.07, 6.45) is 1.15. The van der Waals surface area contributed by atoms with Crippen LogP contribution in [0.15, 0.2) is 23.2 Å². The van der Waals surface area contributed by atoms with Gasteiger partial charge >= 0.3 is 0 Å². The molecule has 1 atom stereocenters. The molecule has 0 bridgehead atoms. The maximum atomic E-state index is 13.2. The third kappa shape index (κ3) is 1.97. The lowest BCUT2D eigenvalue weighted by Gasteiger charge is -2.28. The van der Waals surface area contributed by atoms with Crippen LogP contribution in [-0.2, 0) is 19.7 Å². The third-order valence-corrected chi connectivity index (χ3v) is 5.04. The second-order valence-corrected chi connectivity index (χ2v) is 6.52. The van der Waals surface area contributed by atoms with Crippen LogP contribution < -0.4 is 4.74 Å². The molecular formula is C19H18O7. The molecule has 3 rings (SSSR count). The van der Waals surface area contributed by atoms with Crippen molar-refractivity contribution in [2.45, 2.75) is 33.1 Å². The van der Waals surface area contributed by atoms with Crippen molar-refractivity contribution in [2.75, 3.05) is 7.11 Å². The fourth-order valence-electron chi connectivity index (χ4n) is 3.44. The minimum absolute atomic E-state index is 0.00190. The Kier molecular flexibility index (Phi) is 3.72. The standard InChI is InChI=1S/C19H18O7/c1-7-15(22)12(8(2)20)17-14(16(7)23)19(4)11(26-17)6-10(21)13(18(19)24)9(3)25-5/h6,22-23H,1-5H3. The monoisotopic (exact) mass is 358 g/mol. The maximum absolute atomic E-state index is 13.2. The Morgan fingerprint density at radius 2 is 1.81 bits per heavy atom. The zero-order valence-electron chi connectivity index (χ0n) is 15.0. The fraction of sp³-hybridized carbons (Fsp3) is 0.316. The number of carbonyl (C=O) groups is 3. The molecule has 26 heavy (non-hydrogen) atoms. The summed E-state index contributed by atoms with van der Waals surface area (Å²) in [4.78, 5) is 37.6. The first-order valence-corrected chi connectivity index (χ1v) is 7.91. The highest BCUT2D eigenvalue weighted by Crippen LogP contribution is 2.57. The van der Waals surface area contributed by atoms with Gasteiger partial charge in [-0.3, -0.25) is 14.4 Å². The van der Waals surface area contributed by atoms with Crippen LogP contribution in [0.4, 0.5) is 0 Å². The van der Waals surface area contributed by atoms with Crippen molar-refractivity contribution in [3.63, 3.8) is 0 Å². The van der Waals surface area contributed by atoms with Crippen LogP contribution in [0.5, 0.6) is 17.2 Å². The minimum Gasteiger partial charge on any atom is -0.507 e. The minimum atomic E-state index is -1.51. The van der Waals surface area contributed by atoms with E-state index in [9.17, 15) is 24.6 Å². The summed E-state index contributed by atoms with van der Waals surface area (Å²) in [6, 6.07) is 0. The Labute approximate surface area is 149 Å². The summed E-state index contributed by atoms with van der Waals surface area (Å²) >= 11 is 0. The Hall–Kier alpha value is -3.09. The van der Waals surface area contributed by atoms with Gasteiger partial charge in [-0.25, -0.2) is 0 Å². The van der Waals surface area contributed by atoms with Crippen LogP contribution in [0, 0.1) is 6.92 Å². The smallest absolute Gasteiger partial charge is 0.196 e. The topological polar surface area (TPSA) is 110 Å². The van der Waals surface area contributed by atoms with E-state index in [0.29, 0.717) is 0 Å². The van der Waals surface area contributed by atoms with E-state index in [4.69, 9.17) is 9.47 Å². The lowest BCUT2D eigenvalue weighted by atomic mass is 9.70. The predicted molar refractivity (Wildman–Crippen MR) is 90.3 cm³/mol. The first-order chi connectivity index (χ1) is 12.1. The highest BCUT2D eigenvalue weighted by Gasteiger charge is 2.56. The third-order valence-electron chi connectivity index (χ3n) is 5.04. The number of allylic oxidation sites excluding steroid dienone is 4. The first-order valence-electron chi connectivity index (χ1n) is 7.91. The number of methoxy groups -OCH3 is 1. The number of phenols is 2. The Morgan fingerprint density at radius 1 is 1.19 bits per heavy atom. The van der Waals surface area contributed by atoms with Crippen molar-refractivity contribution in [3.05, 3.63) is 39.9 Å². The van der Waals surface area contributed by atoms with E-state index in [-0.39, 0.29) is 45.3 Å².